The van der Waals surface area contributed by atoms with Crippen LogP contribution in [0.1, 0.15) is 43.9 Å². The summed E-state index contributed by atoms with van der Waals surface area (Å²) >= 11 is 5.70. The van der Waals surface area contributed by atoms with Gasteiger partial charge in [-0.3, -0.25) is 13.9 Å². The van der Waals surface area contributed by atoms with Crippen LogP contribution in [0.2, 0.25) is 5.02 Å². The molecule has 0 unspecified atom stereocenters. The number of halogens is 4. The fraction of sp³-hybridized carbons (Fsp3) is 0.462. The van der Waals surface area contributed by atoms with E-state index < -0.39 is 51.2 Å². The van der Waals surface area contributed by atoms with Gasteiger partial charge in [-0.15, -0.1) is 0 Å². The van der Waals surface area contributed by atoms with Crippen LogP contribution >= 0.6 is 11.6 Å². The van der Waals surface area contributed by atoms with Crippen LogP contribution in [0.3, 0.4) is 0 Å². The van der Waals surface area contributed by atoms with Crippen molar-refractivity contribution in [1.82, 2.24) is 10.2 Å². The van der Waals surface area contributed by atoms with Crippen LogP contribution in [0.15, 0.2) is 42.5 Å². The molecule has 1 N–H and O–H groups in total. The number of carbonyl (C=O) groups excluding carboxylic acids is 2. The summed E-state index contributed by atoms with van der Waals surface area (Å²) < 4.78 is 66.2. The molecule has 0 aromatic heterocycles. The van der Waals surface area contributed by atoms with Crippen molar-refractivity contribution < 1.29 is 31.2 Å². The third-order valence-electron chi connectivity index (χ3n) is 5.73. The van der Waals surface area contributed by atoms with E-state index in [-0.39, 0.29) is 24.6 Å². The highest BCUT2D eigenvalue weighted by Gasteiger charge is 2.36. The van der Waals surface area contributed by atoms with Crippen LogP contribution in [-0.4, -0.2) is 50.5 Å². The Morgan fingerprint density at radius 3 is 2.29 bits per heavy atom. The van der Waals surface area contributed by atoms with Crippen molar-refractivity contribution >= 4 is 39.1 Å². The number of anilines is 1. The Labute approximate surface area is 227 Å². The van der Waals surface area contributed by atoms with Crippen molar-refractivity contribution in [3.8, 4) is 0 Å². The Morgan fingerprint density at radius 1 is 1.11 bits per heavy atom. The Bertz CT molecular complexity index is 1250. The van der Waals surface area contributed by atoms with Gasteiger partial charge in [-0.2, -0.15) is 13.2 Å². The number of nitrogens with one attached hydrogen (secondary N) is 1. The lowest BCUT2D eigenvalue weighted by molar-refractivity contribution is -0.140. The second kappa shape index (κ2) is 12.8. The largest absolute Gasteiger partial charge is 0.417 e. The summed E-state index contributed by atoms with van der Waals surface area (Å²) in [4.78, 5) is 28.0. The maximum absolute atomic E-state index is 13.6. The molecule has 2 aromatic rings. The second-order valence-electron chi connectivity index (χ2n) is 9.51. The van der Waals surface area contributed by atoms with Gasteiger partial charge in [0.25, 0.3) is 0 Å². The highest BCUT2D eigenvalue weighted by atomic mass is 35.5. The highest BCUT2D eigenvalue weighted by Crippen LogP contribution is 2.37. The Hall–Kier alpha value is -2.79. The number of alkyl halides is 3. The molecule has 0 heterocycles. The van der Waals surface area contributed by atoms with E-state index >= 15 is 0 Å². The fourth-order valence-corrected chi connectivity index (χ4v) is 4.91. The second-order valence-corrected chi connectivity index (χ2v) is 11.8. The van der Waals surface area contributed by atoms with Gasteiger partial charge in [0, 0.05) is 13.1 Å². The molecule has 0 saturated carbocycles. The van der Waals surface area contributed by atoms with Crippen LogP contribution in [0.5, 0.6) is 0 Å². The lowest BCUT2D eigenvalue weighted by atomic mass is 10.1. The number of sulfonamides is 1. The lowest BCUT2D eigenvalue weighted by Crippen LogP contribution is -2.52. The van der Waals surface area contributed by atoms with Gasteiger partial charge in [0.15, 0.2) is 0 Å². The number of benzene rings is 2. The van der Waals surface area contributed by atoms with Gasteiger partial charge in [0.2, 0.25) is 21.8 Å². The van der Waals surface area contributed by atoms with E-state index in [9.17, 15) is 31.2 Å². The highest BCUT2D eigenvalue weighted by molar-refractivity contribution is 7.92. The van der Waals surface area contributed by atoms with Gasteiger partial charge in [-0.1, -0.05) is 62.2 Å². The number of carbonyl (C=O) groups is 2. The van der Waals surface area contributed by atoms with Crippen molar-refractivity contribution in [2.24, 2.45) is 5.92 Å². The molecular formula is C26H33ClF3N3O4S. The summed E-state index contributed by atoms with van der Waals surface area (Å²) in [6, 6.07) is 8.96. The number of nitrogens with zero attached hydrogens (tertiary/aromatic N) is 2. The summed E-state index contributed by atoms with van der Waals surface area (Å²) in [6.07, 6.45) is -3.81. The van der Waals surface area contributed by atoms with E-state index in [2.05, 4.69) is 5.32 Å². The molecule has 1 atom stereocenters. The lowest BCUT2D eigenvalue weighted by Gasteiger charge is -2.33. The van der Waals surface area contributed by atoms with Gasteiger partial charge in [-0.25, -0.2) is 8.42 Å². The number of aryl methyl sites for hydroxylation is 1. The molecule has 210 valence electrons. The third-order valence-corrected chi connectivity index (χ3v) is 7.20. The number of amides is 2. The minimum absolute atomic E-state index is 0.000138. The SMILES string of the molecule is CC[C@@H](C(=O)NCC(C)C)N(Cc1cccc(C)c1)C(=O)CN(c1ccc(Cl)c(C(F)(F)F)c1)S(C)(=O)=O. The number of hydrogen-bond donors (Lipinski definition) is 1. The Morgan fingerprint density at radius 2 is 1.76 bits per heavy atom. The molecule has 2 amide bonds. The van der Waals surface area contributed by atoms with E-state index in [4.69, 9.17) is 11.6 Å². The molecule has 0 aliphatic heterocycles. The van der Waals surface area contributed by atoms with Gasteiger partial charge in [-0.05, 0) is 43.0 Å². The predicted molar refractivity (Wildman–Crippen MR) is 142 cm³/mol. The van der Waals surface area contributed by atoms with Gasteiger partial charge < -0.3 is 10.2 Å². The summed E-state index contributed by atoms with van der Waals surface area (Å²) in [6.45, 7) is 7.00. The molecule has 38 heavy (non-hydrogen) atoms. The van der Waals surface area contributed by atoms with E-state index in [0.717, 1.165) is 24.0 Å². The maximum Gasteiger partial charge on any atom is 0.417 e. The zero-order chi connectivity index (χ0) is 28.8. The van der Waals surface area contributed by atoms with E-state index in [0.29, 0.717) is 22.5 Å². The van der Waals surface area contributed by atoms with E-state index in [1.165, 1.54) is 4.90 Å². The fourth-order valence-electron chi connectivity index (χ4n) is 3.85. The summed E-state index contributed by atoms with van der Waals surface area (Å²) in [7, 11) is -4.20. The summed E-state index contributed by atoms with van der Waals surface area (Å²) in [5.41, 5.74) is 0.0373. The van der Waals surface area contributed by atoms with Gasteiger partial charge in [0.1, 0.15) is 12.6 Å². The molecule has 7 nitrogen and oxygen atoms in total. The standard InChI is InChI=1S/C26H33ClF3N3O4S/c1-6-23(25(35)31-14-17(2)3)32(15-19-9-7-8-18(4)12-19)24(34)16-33(38(5,36)37)20-10-11-22(27)21(13-20)26(28,29)30/h7-13,17,23H,6,14-16H2,1-5H3,(H,31,35)/t23-/m0/s1. The molecular weight excluding hydrogens is 543 g/mol. The molecule has 0 aliphatic carbocycles. The summed E-state index contributed by atoms with van der Waals surface area (Å²) in [5.74, 6) is -0.989. The summed E-state index contributed by atoms with van der Waals surface area (Å²) in [5, 5.41) is 2.20. The first-order valence-electron chi connectivity index (χ1n) is 12.0. The first-order chi connectivity index (χ1) is 17.5. The van der Waals surface area contributed by atoms with E-state index in [1.807, 2.05) is 32.9 Å². The van der Waals surface area contributed by atoms with Gasteiger partial charge in [0.05, 0.1) is 22.5 Å². The Balaban J connectivity index is 2.51. The molecule has 0 aliphatic rings. The average molecular weight is 576 g/mol. The third kappa shape index (κ3) is 8.62. The predicted octanol–water partition coefficient (Wildman–Crippen LogP) is 5.01. The van der Waals surface area contributed by atoms with Gasteiger partial charge >= 0.3 is 6.18 Å². The van der Waals surface area contributed by atoms with Crippen molar-refractivity contribution in [2.75, 3.05) is 23.7 Å². The molecule has 0 saturated heterocycles. The zero-order valence-corrected chi connectivity index (χ0v) is 23.5. The minimum atomic E-state index is -4.83. The average Bonchev–Trinajstić information content (AvgIpc) is 2.80. The molecule has 0 radical (unpaired) electrons. The number of rotatable bonds is 11. The smallest absolute Gasteiger partial charge is 0.354 e. The molecule has 2 aromatic carbocycles. The quantitative estimate of drug-likeness (QED) is 0.408. The molecule has 2 rings (SSSR count). The van der Waals surface area contributed by atoms with Crippen LogP contribution in [-0.2, 0) is 32.3 Å². The van der Waals surface area contributed by atoms with E-state index in [1.54, 1.807) is 19.1 Å². The molecule has 0 spiro atoms. The van der Waals surface area contributed by atoms with Crippen molar-refractivity contribution in [3.63, 3.8) is 0 Å². The van der Waals surface area contributed by atoms with Crippen molar-refractivity contribution in [1.29, 1.82) is 0 Å². The van der Waals surface area contributed by atoms with Crippen molar-refractivity contribution in [3.05, 3.63) is 64.2 Å². The topological polar surface area (TPSA) is 86.8 Å². The first kappa shape index (κ1) is 31.4. The monoisotopic (exact) mass is 575 g/mol. The molecule has 0 bridgehead atoms. The molecule has 12 heteroatoms. The minimum Gasteiger partial charge on any atom is -0.354 e. The normalized spacial score (nSPS) is 12.8. The zero-order valence-electron chi connectivity index (χ0n) is 22.0. The molecule has 0 fully saturated rings. The van der Waals surface area contributed by atoms with Crippen molar-refractivity contribution in [2.45, 2.75) is 52.9 Å². The van der Waals surface area contributed by atoms with Crippen LogP contribution in [0, 0.1) is 12.8 Å². The van der Waals surface area contributed by atoms with Crippen LogP contribution in [0.25, 0.3) is 0 Å². The first-order valence-corrected chi connectivity index (χ1v) is 14.2. The number of hydrogen-bond acceptors (Lipinski definition) is 4. The van der Waals surface area contributed by atoms with Crippen LogP contribution < -0.4 is 9.62 Å². The maximum atomic E-state index is 13.6. The Kier molecular flexibility index (Phi) is 10.6. The van der Waals surface area contributed by atoms with Crippen LogP contribution in [0.4, 0.5) is 18.9 Å².